The zero-order chi connectivity index (χ0) is 23.8. The summed E-state index contributed by atoms with van der Waals surface area (Å²) in [5, 5.41) is 12.9. The first kappa shape index (κ1) is 22.5. The van der Waals surface area contributed by atoms with Crippen LogP contribution >= 0.6 is 0 Å². The lowest BCUT2D eigenvalue weighted by molar-refractivity contribution is 0.0427. The lowest BCUT2D eigenvalue weighted by Gasteiger charge is -2.47. The molecular weight excluding hydrogens is 430 g/mol. The van der Waals surface area contributed by atoms with Gasteiger partial charge in [-0.2, -0.15) is 0 Å². The van der Waals surface area contributed by atoms with E-state index in [-0.39, 0.29) is 23.7 Å². The van der Waals surface area contributed by atoms with Crippen molar-refractivity contribution in [2.24, 2.45) is 0 Å². The fourth-order valence-electron chi connectivity index (χ4n) is 5.58. The molecule has 1 N–H and O–H groups in total. The molecule has 1 aromatic heterocycles. The second-order valence-corrected chi connectivity index (χ2v) is 9.19. The van der Waals surface area contributed by atoms with Crippen molar-refractivity contribution in [3.05, 3.63) is 86.9 Å². The third kappa shape index (κ3) is 3.64. The number of methoxy groups -OCH3 is 1. The van der Waals surface area contributed by atoms with Crippen molar-refractivity contribution in [1.29, 1.82) is 0 Å². The summed E-state index contributed by atoms with van der Waals surface area (Å²) in [5.41, 5.74) is 4.64. The number of allylic oxidation sites excluding steroid dienone is 3. The van der Waals surface area contributed by atoms with Crippen LogP contribution in [-0.2, 0) is 11.2 Å². The Morgan fingerprint density at radius 2 is 1.97 bits per heavy atom. The Balaban J connectivity index is 1.73. The third-order valence-electron chi connectivity index (χ3n) is 7.32. The number of aryl methyl sites for hydroxylation is 1. The molecule has 0 radical (unpaired) electrons. The standard InChI is InChI=1S/C27H31N3O4/c1-3-20(16-34-2)28-17-30(29-15-14-23(31)26(32)25(29)27(28)33)24-21-10-6-4-8-18(21)12-13-19-9-5-7-11-22(19)24/h4-6,8-10,14-15,20,24,32H,3,7,11-13,16-17H2,1-2H3. The van der Waals surface area contributed by atoms with Crippen LogP contribution in [0, 0.1) is 0 Å². The zero-order valence-corrected chi connectivity index (χ0v) is 19.7. The summed E-state index contributed by atoms with van der Waals surface area (Å²) in [4.78, 5) is 27.7. The van der Waals surface area contributed by atoms with Crippen molar-refractivity contribution in [2.75, 3.05) is 25.4 Å². The number of pyridine rings is 1. The molecule has 3 aliphatic rings. The SMILES string of the molecule is CCC(COC)N1CN(C2C3=C(C=CCC3)CCc3ccccc32)n2ccc(=O)c(O)c2C1=O. The monoisotopic (exact) mass is 461 g/mol. The second-order valence-electron chi connectivity index (χ2n) is 9.19. The van der Waals surface area contributed by atoms with Crippen molar-refractivity contribution in [3.63, 3.8) is 0 Å². The van der Waals surface area contributed by atoms with Crippen molar-refractivity contribution >= 4 is 5.91 Å². The lowest BCUT2D eigenvalue weighted by Crippen LogP contribution is -2.59. The maximum atomic E-state index is 13.6. The average Bonchev–Trinajstić information content (AvgIpc) is 3.02. The van der Waals surface area contributed by atoms with Crippen LogP contribution in [0.1, 0.15) is 60.3 Å². The van der Waals surface area contributed by atoms with E-state index in [1.807, 2.05) is 6.92 Å². The van der Waals surface area contributed by atoms with Crippen LogP contribution in [0.2, 0.25) is 0 Å². The zero-order valence-electron chi connectivity index (χ0n) is 19.7. The number of aromatic nitrogens is 1. The summed E-state index contributed by atoms with van der Waals surface area (Å²) in [6, 6.07) is 9.53. The first-order valence-corrected chi connectivity index (χ1v) is 12.0. The molecule has 0 spiro atoms. The van der Waals surface area contributed by atoms with Crippen LogP contribution < -0.4 is 10.4 Å². The van der Waals surface area contributed by atoms with E-state index in [0.717, 1.165) is 25.7 Å². The van der Waals surface area contributed by atoms with Crippen LogP contribution in [-0.4, -0.2) is 47.0 Å². The summed E-state index contributed by atoms with van der Waals surface area (Å²) in [6.45, 7) is 2.72. The predicted molar refractivity (Wildman–Crippen MR) is 130 cm³/mol. The molecule has 2 aromatic rings. The normalized spacial score (nSPS) is 20.5. The average molecular weight is 462 g/mol. The molecule has 178 valence electrons. The molecule has 0 bridgehead atoms. The third-order valence-corrected chi connectivity index (χ3v) is 7.32. The topological polar surface area (TPSA) is 75.0 Å². The summed E-state index contributed by atoms with van der Waals surface area (Å²) in [7, 11) is 1.62. The van der Waals surface area contributed by atoms with Gasteiger partial charge in [0.15, 0.2) is 11.4 Å². The minimum atomic E-state index is -0.553. The second kappa shape index (κ2) is 9.14. The molecule has 1 amide bonds. The number of rotatable bonds is 5. The summed E-state index contributed by atoms with van der Waals surface area (Å²) >= 11 is 0. The Hall–Kier alpha value is -3.32. The highest BCUT2D eigenvalue weighted by atomic mass is 16.5. The molecule has 2 aliphatic carbocycles. The fraction of sp³-hybridized carbons (Fsp3) is 0.407. The van der Waals surface area contributed by atoms with Gasteiger partial charge in [-0.05, 0) is 54.4 Å². The number of carbonyl (C=O) groups is 1. The molecule has 0 saturated carbocycles. The van der Waals surface area contributed by atoms with Gasteiger partial charge in [0.25, 0.3) is 5.91 Å². The van der Waals surface area contributed by atoms with Gasteiger partial charge in [0.05, 0.1) is 18.7 Å². The van der Waals surface area contributed by atoms with Crippen LogP contribution in [0.25, 0.3) is 0 Å². The number of fused-ring (bicyclic) bond motifs is 2. The molecular formula is C27H31N3O4. The van der Waals surface area contributed by atoms with E-state index in [1.165, 1.54) is 28.3 Å². The summed E-state index contributed by atoms with van der Waals surface area (Å²) < 4.78 is 7.12. The van der Waals surface area contributed by atoms with Crippen molar-refractivity contribution < 1.29 is 14.6 Å². The highest BCUT2D eigenvalue weighted by Gasteiger charge is 2.40. The molecule has 7 nitrogen and oxygen atoms in total. The molecule has 5 rings (SSSR count). The summed E-state index contributed by atoms with van der Waals surface area (Å²) in [6.07, 6.45) is 10.6. The van der Waals surface area contributed by atoms with E-state index in [9.17, 15) is 14.7 Å². The van der Waals surface area contributed by atoms with Gasteiger partial charge in [0, 0.05) is 19.4 Å². The van der Waals surface area contributed by atoms with Crippen LogP contribution in [0.15, 0.2) is 64.6 Å². The van der Waals surface area contributed by atoms with Crippen LogP contribution in [0.4, 0.5) is 0 Å². The maximum absolute atomic E-state index is 13.6. The minimum absolute atomic E-state index is 0.0172. The van der Waals surface area contributed by atoms with E-state index in [2.05, 4.69) is 41.4 Å². The van der Waals surface area contributed by atoms with E-state index in [4.69, 9.17) is 4.74 Å². The Morgan fingerprint density at radius 3 is 2.76 bits per heavy atom. The first-order valence-electron chi connectivity index (χ1n) is 12.0. The van der Waals surface area contributed by atoms with Gasteiger partial charge in [0.2, 0.25) is 5.43 Å². The molecule has 7 heteroatoms. The number of hydrogen-bond acceptors (Lipinski definition) is 5. The maximum Gasteiger partial charge on any atom is 0.278 e. The number of aromatic hydroxyl groups is 1. The lowest BCUT2D eigenvalue weighted by atomic mass is 9.88. The van der Waals surface area contributed by atoms with E-state index in [1.54, 1.807) is 22.9 Å². The Kier molecular flexibility index (Phi) is 6.04. The largest absolute Gasteiger partial charge is 0.502 e. The molecule has 2 atom stereocenters. The Bertz CT molecular complexity index is 1230. The number of hydrogen-bond donors (Lipinski definition) is 1. The first-order chi connectivity index (χ1) is 16.5. The molecule has 1 aromatic carbocycles. The van der Waals surface area contributed by atoms with Gasteiger partial charge >= 0.3 is 0 Å². The van der Waals surface area contributed by atoms with Gasteiger partial charge in [-0.1, -0.05) is 43.3 Å². The van der Waals surface area contributed by atoms with Gasteiger partial charge in [0.1, 0.15) is 6.67 Å². The highest BCUT2D eigenvalue weighted by molar-refractivity contribution is 5.96. The quantitative estimate of drug-likeness (QED) is 0.736. The number of carbonyl (C=O) groups excluding carboxylic acids is 1. The molecule has 2 heterocycles. The molecule has 2 unspecified atom stereocenters. The molecule has 34 heavy (non-hydrogen) atoms. The number of ether oxygens (including phenoxy) is 1. The fourth-order valence-corrected chi connectivity index (χ4v) is 5.58. The van der Waals surface area contributed by atoms with Gasteiger partial charge in [-0.15, -0.1) is 0 Å². The highest BCUT2D eigenvalue weighted by Crippen LogP contribution is 2.42. The van der Waals surface area contributed by atoms with Crippen molar-refractivity contribution in [1.82, 2.24) is 9.58 Å². The van der Waals surface area contributed by atoms with Crippen molar-refractivity contribution in [2.45, 2.75) is 51.1 Å². The van der Waals surface area contributed by atoms with Gasteiger partial charge in [-0.3, -0.25) is 19.3 Å². The number of nitrogens with zero attached hydrogens (tertiary/aromatic N) is 3. The van der Waals surface area contributed by atoms with Crippen LogP contribution in [0.5, 0.6) is 5.75 Å². The van der Waals surface area contributed by atoms with E-state index < -0.39 is 11.2 Å². The van der Waals surface area contributed by atoms with E-state index in [0.29, 0.717) is 19.7 Å². The predicted octanol–water partition coefficient (Wildman–Crippen LogP) is 3.66. The minimum Gasteiger partial charge on any atom is -0.502 e. The Labute approximate surface area is 199 Å². The van der Waals surface area contributed by atoms with Crippen molar-refractivity contribution in [3.8, 4) is 5.75 Å². The molecule has 1 aliphatic heterocycles. The number of benzene rings is 1. The summed E-state index contributed by atoms with van der Waals surface area (Å²) in [5.74, 6) is -0.857. The van der Waals surface area contributed by atoms with E-state index >= 15 is 0 Å². The number of amides is 1. The molecule has 0 fully saturated rings. The molecule has 0 saturated heterocycles. The Morgan fingerprint density at radius 1 is 1.15 bits per heavy atom. The smallest absolute Gasteiger partial charge is 0.278 e. The van der Waals surface area contributed by atoms with Gasteiger partial charge in [-0.25, -0.2) is 0 Å². The van der Waals surface area contributed by atoms with Crippen LogP contribution in [0.3, 0.4) is 0 Å². The van der Waals surface area contributed by atoms with Gasteiger partial charge < -0.3 is 14.7 Å².